The average Bonchev–Trinajstić information content (AvgIpc) is 2.92. The molecule has 0 unspecified atom stereocenters. The number of aryl methyl sites for hydroxylation is 2. The Hall–Kier alpha value is -4.70. The van der Waals surface area contributed by atoms with Crippen LogP contribution < -0.4 is 0 Å². The molecular weight excluding hydrogens is 440 g/mol. The van der Waals surface area contributed by atoms with Gasteiger partial charge in [-0.15, -0.1) is 0 Å². The monoisotopic (exact) mass is 466 g/mol. The molecule has 0 aliphatic heterocycles. The maximum Gasteiger partial charge on any atom is 0.0958 e. The van der Waals surface area contributed by atoms with Gasteiger partial charge in [0.25, 0.3) is 0 Å². The molecule has 174 valence electrons. The molecule has 36 heavy (non-hydrogen) atoms. The zero-order chi connectivity index (χ0) is 24.7. The molecule has 4 heterocycles. The van der Waals surface area contributed by atoms with Crippen molar-refractivity contribution in [3.05, 3.63) is 131 Å². The third-order valence-electron chi connectivity index (χ3n) is 5.84. The van der Waals surface area contributed by atoms with E-state index in [2.05, 4.69) is 107 Å². The number of pyridine rings is 4. The SMILES string of the molecule is Cc1ccnc(-c2ncccc2/C=C/c2ccc(/C=C/c3cccnc3-c3cc(C)ccn3)cc2)c1. The normalized spacial score (nSPS) is 11.4. The van der Waals surface area contributed by atoms with Crippen LogP contribution >= 0.6 is 0 Å². The highest BCUT2D eigenvalue weighted by molar-refractivity contribution is 5.80. The minimum absolute atomic E-state index is 0.881. The number of nitrogens with zero attached hydrogens (tertiary/aromatic N) is 4. The minimum Gasteiger partial charge on any atom is -0.255 e. The molecule has 0 aliphatic carbocycles. The van der Waals surface area contributed by atoms with E-state index in [1.807, 2.05) is 36.7 Å². The van der Waals surface area contributed by atoms with E-state index >= 15 is 0 Å². The highest BCUT2D eigenvalue weighted by Crippen LogP contribution is 2.23. The molecule has 0 atom stereocenters. The van der Waals surface area contributed by atoms with Crippen molar-refractivity contribution >= 4 is 24.3 Å². The van der Waals surface area contributed by atoms with E-state index in [0.29, 0.717) is 0 Å². The Morgan fingerprint density at radius 1 is 0.472 bits per heavy atom. The fraction of sp³-hybridized carbons (Fsp3) is 0.0625. The third-order valence-corrected chi connectivity index (χ3v) is 5.84. The zero-order valence-electron chi connectivity index (χ0n) is 20.3. The molecule has 0 bridgehead atoms. The Labute approximate surface area is 211 Å². The summed E-state index contributed by atoms with van der Waals surface area (Å²) in [4.78, 5) is 18.1. The molecule has 4 nitrogen and oxygen atoms in total. The zero-order valence-corrected chi connectivity index (χ0v) is 20.3. The van der Waals surface area contributed by atoms with Crippen LogP contribution in [0.2, 0.25) is 0 Å². The van der Waals surface area contributed by atoms with Crippen LogP contribution in [0.5, 0.6) is 0 Å². The standard InChI is InChI=1S/C32H26N4/c1-23-15-19-33-29(21-23)31-27(5-3-17-35-31)13-11-25-7-9-26(10-8-25)12-14-28-6-4-18-36-32(28)30-22-24(2)16-20-34-30/h3-22H,1-2H3/b13-11+,14-12+. The minimum atomic E-state index is 0.881. The molecule has 4 aromatic heterocycles. The van der Waals surface area contributed by atoms with Crippen LogP contribution in [0.15, 0.2) is 97.6 Å². The number of hydrogen-bond donors (Lipinski definition) is 0. The lowest BCUT2D eigenvalue weighted by Crippen LogP contribution is -1.91. The predicted octanol–water partition coefficient (Wildman–Crippen LogP) is 7.56. The summed E-state index contributed by atoms with van der Waals surface area (Å²) in [5, 5.41) is 0. The van der Waals surface area contributed by atoms with Crippen LogP contribution in [0, 0.1) is 13.8 Å². The molecule has 0 amide bonds. The lowest BCUT2D eigenvalue weighted by atomic mass is 10.1. The van der Waals surface area contributed by atoms with E-state index < -0.39 is 0 Å². The molecule has 0 aliphatic rings. The summed E-state index contributed by atoms with van der Waals surface area (Å²) in [6.07, 6.45) is 15.7. The maximum atomic E-state index is 4.57. The molecule has 0 saturated heterocycles. The second kappa shape index (κ2) is 10.7. The largest absolute Gasteiger partial charge is 0.255 e. The molecule has 0 radical (unpaired) electrons. The Bertz CT molecular complexity index is 1430. The van der Waals surface area contributed by atoms with E-state index in [9.17, 15) is 0 Å². The van der Waals surface area contributed by atoms with Gasteiger partial charge in [0, 0.05) is 35.9 Å². The first-order valence-corrected chi connectivity index (χ1v) is 11.9. The van der Waals surface area contributed by atoms with Gasteiger partial charge in [0.15, 0.2) is 0 Å². The van der Waals surface area contributed by atoms with Gasteiger partial charge in [0.05, 0.1) is 22.8 Å². The Morgan fingerprint density at radius 3 is 1.33 bits per heavy atom. The van der Waals surface area contributed by atoms with Gasteiger partial charge >= 0.3 is 0 Å². The quantitative estimate of drug-likeness (QED) is 0.259. The second-order valence-corrected chi connectivity index (χ2v) is 8.65. The lowest BCUT2D eigenvalue weighted by Gasteiger charge is -2.05. The van der Waals surface area contributed by atoms with Gasteiger partial charge in [-0.2, -0.15) is 0 Å². The van der Waals surface area contributed by atoms with Crippen LogP contribution in [0.25, 0.3) is 47.1 Å². The summed E-state index contributed by atoms with van der Waals surface area (Å²) < 4.78 is 0. The van der Waals surface area contributed by atoms with Crippen LogP contribution in [0.1, 0.15) is 33.4 Å². The fourth-order valence-corrected chi connectivity index (χ4v) is 3.95. The number of rotatable bonds is 6. The van der Waals surface area contributed by atoms with Crippen molar-refractivity contribution in [3.63, 3.8) is 0 Å². The van der Waals surface area contributed by atoms with Crippen molar-refractivity contribution in [1.82, 2.24) is 19.9 Å². The third kappa shape index (κ3) is 5.50. The Kier molecular flexibility index (Phi) is 6.86. The summed E-state index contributed by atoms with van der Waals surface area (Å²) >= 11 is 0. The molecule has 4 heteroatoms. The van der Waals surface area contributed by atoms with Crippen molar-refractivity contribution in [1.29, 1.82) is 0 Å². The first-order chi connectivity index (χ1) is 17.7. The Morgan fingerprint density at radius 2 is 0.917 bits per heavy atom. The molecule has 0 N–H and O–H groups in total. The molecule has 5 aromatic rings. The van der Waals surface area contributed by atoms with Crippen molar-refractivity contribution in [2.45, 2.75) is 13.8 Å². The van der Waals surface area contributed by atoms with E-state index in [-0.39, 0.29) is 0 Å². The van der Waals surface area contributed by atoms with E-state index in [0.717, 1.165) is 56.2 Å². The predicted molar refractivity (Wildman–Crippen MR) is 149 cm³/mol. The van der Waals surface area contributed by atoms with Crippen LogP contribution in [-0.4, -0.2) is 19.9 Å². The summed E-state index contributed by atoms with van der Waals surface area (Å²) in [5.41, 5.74) is 10.2. The molecule has 1 aromatic carbocycles. The van der Waals surface area contributed by atoms with Crippen molar-refractivity contribution in [2.75, 3.05) is 0 Å². The van der Waals surface area contributed by atoms with E-state index in [1.54, 1.807) is 12.4 Å². The van der Waals surface area contributed by atoms with Crippen molar-refractivity contribution in [3.8, 4) is 22.8 Å². The molecule has 0 fully saturated rings. The van der Waals surface area contributed by atoms with Gasteiger partial charge in [0.1, 0.15) is 0 Å². The van der Waals surface area contributed by atoms with Crippen LogP contribution in [0.4, 0.5) is 0 Å². The fourth-order valence-electron chi connectivity index (χ4n) is 3.95. The summed E-state index contributed by atoms with van der Waals surface area (Å²) in [7, 11) is 0. The number of aromatic nitrogens is 4. The van der Waals surface area contributed by atoms with E-state index in [1.165, 1.54) is 0 Å². The first-order valence-electron chi connectivity index (χ1n) is 11.9. The maximum absolute atomic E-state index is 4.57. The van der Waals surface area contributed by atoms with Crippen molar-refractivity contribution in [2.24, 2.45) is 0 Å². The lowest BCUT2D eigenvalue weighted by molar-refractivity contribution is 1.22. The summed E-state index contributed by atoms with van der Waals surface area (Å²) in [6, 6.07) is 24.6. The smallest absolute Gasteiger partial charge is 0.0958 e. The summed E-state index contributed by atoms with van der Waals surface area (Å²) in [5.74, 6) is 0. The first kappa shape index (κ1) is 23.1. The van der Waals surface area contributed by atoms with Gasteiger partial charge in [-0.3, -0.25) is 19.9 Å². The topological polar surface area (TPSA) is 51.6 Å². The average molecular weight is 467 g/mol. The van der Waals surface area contributed by atoms with Gasteiger partial charge in [-0.05, 0) is 72.5 Å². The van der Waals surface area contributed by atoms with Gasteiger partial charge in [-0.1, -0.05) is 60.7 Å². The highest BCUT2D eigenvalue weighted by Gasteiger charge is 2.07. The Balaban J connectivity index is 1.34. The van der Waals surface area contributed by atoms with Gasteiger partial charge < -0.3 is 0 Å². The van der Waals surface area contributed by atoms with Gasteiger partial charge in [0.2, 0.25) is 0 Å². The molecule has 0 spiro atoms. The summed E-state index contributed by atoms with van der Waals surface area (Å²) in [6.45, 7) is 4.13. The number of benzene rings is 1. The second-order valence-electron chi connectivity index (χ2n) is 8.65. The molecular formula is C32H26N4. The van der Waals surface area contributed by atoms with E-state index in [4.69, 9.17) is 0 Å². The van der Waals surface area contributed by atoms with Crippen LogP contribution in [0.3, 0.4) is 0 Å². The molecule has 5 rings (SSSR count). The molecule has 0 saturated carbocycles. The van der Waals surface area contributed by atoms with Gasteiger partial charge in [-0.25, -0.2) is 0 Å². The number of hydrogen-bond acceptors (Lipinski definition) is 4. The van der Waals surface area contributed by atoms with Crippen LogP contribution in [-0.2, 0) is 0 Å². The van der Waals surface area contributed by atoms with Crippen molar-refractivity contribution < 1.29 is 0 Å². The highest BCUT2D eigenvalue weighted by atomic mass is 14.8.